The van der Waals surface area contributed by atoms with Crippen molar-refractivity contribution in [2.75, 3.05) is 25.6 Å². The number of rotatable bonds is 6. The van der Waals surface area contributed by atoms with Gasteiger partial charge in [-0.25, -0.2) is 10.2 Å². The molecule has 5 aliphatic rings. The second-order valence-electron chi connectivity index (χ2n) is 16.9. The number of cyclic esters (lactones) is 1. The number of benzene rings is 1. The Balaban J connectivity index is 1.49. The van der Waals surface area contributed by atoms with Crippen molar-refractivity contribution in [1.29, 1.82) is 0 Å². The zero-order valence-electron chi connectivity index (χ0n) is 32.6. The minimum Gasteiger partial charge on any atom is -0.481 e. The number of carboxylic acids is 1. The van der Waals surface area contributed by atoms with E-state index in [4.69, 9.17) is 32.7 Å². The van der Waals surface area contributed by atoms with Crippen LogP contribution >= 0.6 is 23.2 Å². The monoisotopic (exact) mass is 853 g/mol. The van der Waals surface area contributed by atoms with Crippen LogP contribution in [0.4, 0.5) is 5.69 Å². The summed E-state index contributed by atoms with van der Waals surface area (Å²) in [6, 6.07) is -5.01. The van der Waals surface area contributed by atoms with E-state index in [0.29, 0.717) is 19.3 Å². The Kier molecular flexibility index (Phi) is 12.0. The number of anilines is 1. The highest BCUT2D eigenvalue weighted by Crippen LogP contribution is 2.53. The van der Waals surface area contributed by atoms with Crippen LogP contribution in [-0.4, -0.2) is 136 Å². The Labute approximate surface area is 343 Å². The first-order valence-corrected chi connectivity index (χ1v) is 19.7. The summed E-state index contributed by atoms with van der Waals surface area (Å²) in [7, 11) is 1.23. The fraction of sp³-hybridized carbons (Fsp3) is 0.649. The first-order chi connectivity index (χ1) is 27.1. The molecule has 3 saturated heterocycles. The van der Waals surface area contributed by atoms with Crippen LogP contribution in [0.15, 0.2) is 12.1 Å². The Morgan fingerprint density at radius 2 is 1.67 bits per heavy atom. The van der Waals surface area contributed by atoms with Gasteiger partial charge in [0.25, 0.3) is 5.91 Å². The Morgan fingerprint density at radius 1 is 1.00 bits per heavy atom. The number of aliphatic hydroxyl groups is 2. The summed E-state index contributed by atoms with van der Waals surface area (Å²) in [5.74, 6) is -7.29. The van der Waals surface area contributed by atoms with Crippen molar-refractivity contribution in [3.8, 4) is 0 Å². The van der Waals surface area contributed by atoms with E-state index in [-0.39, 0.29) is 34.3 Å². The Hall–Kier alpha value is -4.27. The molecule has 1 aliphatic carbocycles. The van der Waals surface area contributed by atoms with Gasteiger partial charge in [-0.1, -0.05) is 57.0 Å². The van der Waals surface area contributed by atoms with Gasteiger partial charge in [0, 0.05) is 31.1 Å². The van der Waals surface area contributed by atoms with E-state index in [0.717, 1.165) is 9.91 Å². The highest BCUT2D eigenvalue weighted by Gasteiger charge is 2.63. The number of hydrogen-bond acceptors (Lipinski definition) is 13. The lowest BCUT2D eigenvalue weighted by Gasteiger charge is -2.41. The van der Waals surface area contributed by atoms with E-state index in [1.54, 1.807) is 27.7 Å². The number of hydrogen-bond donors (Lipinski definition) is 8. The number of nitrogens with zero attached hydrogens (tertiary/aromatic N) is 2. The van der Waals surface area contributed by atoms with E-state index in [1.165, 1.54) is 19.2 Å². The van der Waals surface area contributed by atoms with Gasteiger partial charge in [0.1, 0.15) is 42.0 Å². The number of methoxy groups -OCH3 is 1. The number of ether oxygens (including phenoxy) is 2. The quantitative estimate of drug-likeness (QED) is 0.172. The molecule has 1 aromatic carbocycles. The molecule has 21 heteroatoms. The maximum atomic E-state index is 14.9. The minimum absolute atomic E-state index is 0.00936. The standard InChI is InChI=1S/C37H49Cl2N7O12/c1-35(2,3)27-32(54)46-19(7-6-12-40-46)29(51)41-18(15-57-5)28(50)42-25(21(47)13-22(48)49)31(53)45-20(30(52)44-26(33(55)58-27)36(4)10-11-36)14-37(56)16-8-9-17(38)23(39)24(16)43-34(37)45/h8-9,18-21,25-27,34,40,43,47,56H,6-7,10-15H2,1-5H3,(H,41,51)(H,42,50)(H,44,52)(H,48,49)/t18-,19-,20-,21+,25+,26-,27+,34-,37+/m0/s1. The van der Waals surface area contributed by atoms with Gasteiger partial charge in [-0.05, 0) is 37.2 Å². The number of aliphatic hydroxyl groups excluding tert-OH is 1. The molecule has 4 fully saturated rings. The molecule has 318 valence electrons. The molecule has 58 heavy (non-hydrogen) atoms. The molecule has 0 radical (unpaired) electrons. The number of fused-ring (bicyclic) bond motifs is 6. The van der Waals surface area contributed by atoms with Crippen LogP contribution in [0.25, 0.3) is 0 Å². The number of aliphatic carboxylic acids is 1. The number of nitrogens with one attached hydrogen (secondary N) is 5. The van der Waals surface area contributed by atoms with Gasteiger partial charge in [0.2, 0.25) is 23.6 Å². The van der Waals surface area contributed by atoms with E-state index in [2.05, 4.69) is 26.7 Å². The molecule has 4 aliphatic heterocycles. The fourth-order valence-corrected chi connectivity index (χ4v) is 8.44. The number of carboxylic acid groups (broad SMARTS) is 1. The maximum absolute atomic E-state index is 14.9. The number of halogens is 2. The summed E-state index contributed by atoms with van der Waals surface area (Å²) >= 11 is 12.8. The third-order valence-electron chi connectivity index (χ3n) is 11.6. The average molecular weight is 855 g/mol. The lowest BCUT2D eigenvalue weighted by molar-refractivity contribution is -0.176. The van der Waals surface area contributed by atoms with Crippen molar-refractivity contribution in [2.45, 2.75) is 120 Å². The van der Waals surface area contributed by atoms with Crippen LogP contribution in [0.5, 0.6) is 0 Å². The van der Waals surface area contributed by atoms with Gasteiger partial charge >= 0.3 is 11.9 Å². The Bertz CT molecular complexity index is 1890. The lowest BCUT2D eigenvalue weighted by Crippen LogP contribution is -2.66. The number of esters is 1. The molecule has 0 bridgehead atoms. The molecule has 1 saturated carbocycles. The molecule has 1 aromatic rings. The largest absolute Gasteiger partial charge is 0.481 e. The van der Waals surface area contributed by atoms with Gasteiger partial charge in [-0.15, -0.1) is 0 Å². The third kappa shape index (κ3) is 8.03. The van der Waals surface area contributed by atoms with Crippen LogP contribution in [0.2, 0.25) is 10.0 Å². The lowest BCUT2D eigenvalue weighted by atomic mass is 9.87. The number of carbonyl (C=O) groups is 7. The SMILES string of the molecule is COC[C@@H]1NC(=O)[C@@H]2CCCNN2C(=O)[C@H](C(C)(C)C)OC(=O)[C@@H](C2(C)CC2)NC(=O)[C@@H]2C[C@@]3(O)c4ccc(Cl)c(Cl)c4N[C@H]3N2C(=O)[C@@H]([C@H](O)CC(=O)O)NC1=O. The topological polar surface area (TPSA) is 265 Å². The Morgan fingerprint density at radius 3 is 2.29 bits per heavy atom. The molecule has 8 N–H and O–H groups in total. The highest BCUT2D eigenvalue weighted by molar-refractivity contribution is 6.44. The summed E-state index contributed by atoms with van der Waals surface area (Å²) < 4.78 is 11.2. The van der Waals surface area contributed by atoms with Crippen LogP contribution in [0, 0.1) is 10.8 Å². The van der Waals surface area contributed by atoms with Gasteiger partial charge < -0.3 is 51.0 Å². The summed E-state index contributed by atoms with van der Waals surface area (Å²) in [5.41, 5.74) is -0.720. The van der Waals surface area contributed by atoms with Crippen molar-refractivity contribution >= 4 is 70.4 Å². The molecular formula is C37H49Cl2N7O12. The zero-order valence-corrected chi connectivity index (χ0v) is 34.1. The van der Waals surface area contributed by atoms with Crippen LogP contribution in [-0.2, 0) is 48.6 Å². The van der Waals surface area contributed by atoms with Crippen LogP contribution in [0.1, 0.15) is 71.8 Å². The predicted molar refractivity (Wildman–Crippen MR) is 203 cm³/mol. The molecule has 19 nitrogen and oxygen atoms in total. The molecule has 4 heterocycles. The van der Waals surface area contributed by atoms with Gasteiger partial charge in [0.05, 0.1) is 34.9 Å². The first-order valence-electron chi connectivity index (χ1n) is 19.0. The van der Waals surface area contributed by atoms with Gasteiger partial charge in [-0.2, -0.15) is 0 Å². The van der Waals surface area contributed by atoms with Crippen molar-refractivity contribution in [2.24, 2.45) is 10.8 Å². The molecule has 0 spiro atoms. The predicted octanol–water partition coefficient (Wildman–Crippen LogP) is -0.263. The van der Waals surface area contributed by atoms with Crippen LogP contribution < -0.4 is 26.7 Å². The summed E-state index contributed by atoms with van der Waals surface area (Å²) in [5, 5.41) is 45.0. The smallest absolute Gasteiger partial charge is 0.330 e. The van der Waals surface area contributed by atoms with Gasteiger partial charge in [0.15, 0.2) is 6.10 Å². The molecule has 0 unspecified atom stereocenters. The second-order valence-corrected chi connectivity index (χ2v) is 17.7. The van der Waals surface area contributed by atoms with Crippen LogP contribution in [0.3, 0.4) is 0 Å². The third-order valence-corrected chi connectivity index (χ3v) is 12.4. The highest BCUT2D eigenvalue weighted by atomic mass is 35.5. The second kappa shape index (κ2) is 16.1. The van der Waals surface area contributed by atoms with Crippen molar-refractivity contribution in [3.63, 3.8) is 0 Å². The van der Waals surface area contributed by atoms with Crippen molar-refractivity contribution in [3.05, 3.63) is 27.7 Å². The molecule has 0 aromatic heterocycles. The zero-order chi connectivity index (χ0) is 42.6. The average Bonchev–Trinajstić information content (AvgIpc) is 3.73. The summed E-state index contributed by atoms with van der Waals surface area (Å²) in [6.45, 7) is 6.55. The molecular weight excluding hydrogens is 805 g/mol. The summed E-state index contributed by atoms with van der Waals surface area (Å²) in [4.78, 5) is 98.9. The van der Waals surface area contributed by atoms with Gasteiger partial charge in [-0.3, -0.25) is 33.8 Å². The van der Waals surface area contributed by atoms with E-state index in [1.807, 2.05) is 0 Å². The van der Waals surface area contributed by atoms with Crippen molar-refractivity contribution in [1.82, 2.24) is 31.3 Å². The fourth-order valence-electron chi connectivity index (χ4n) is 8.07. The normalized spacial score (nSPS) is 32.2. The van der Waals surface area contributed by atoms with Crippen molar-refractivity contribution < 1.29 is 58.4 Å². The summed E-state index contributed by atoms with van der Waals surface area (Å²) in [6.07, 6.45) is -5.13. The number of amides is 5. The molecule has 5 amide bonds. The van der Waals surface area contributed by atoms with E-state index < -0.39 is 126 Å². The van der Waals surface area contributed by atoms with E-state index >= 15 is 0 Å². The molecule has 6 rings (SSSR count). The number of carbonyl (C=O) groups excluding carboxylic acids is 6. The van der Waals surface area contributed by atoms with E-state index in [9.17, 15) is 48.9 Å². The maximum Gasteiger partial charge on any atom is 0.330 e. The minimum atomic E-state index is -2.12. The number of hydrazine groups is 1. The molecule has 9 atom stereocenters. The first kappa shape index (κ1) is 43.3.